The second-order valence-corrected chi connectivity index (χ2v) is 6.73. The van der Waals surface area contributed by atoms with Crippen molar-refractivity contribution in [3.05, 3.63) is 65.6 Å². The minimum Gasteiger partial charge on any atom is -0.305 e. The van der Waals surface area contributed by atoms with Gasteiger partial charge in [-0.25, -0.2) is 4.98 Å². The summed E-state index contributed by atoms with van der Waals surface area (Å²) in [5.74, 6) is 0.294. The molecule has 0 fully saturated rings. The van der Waals surface area contributed by atoms with Gasteiger partial charge in [0.2, 0.25) is 5.13 Å². The number of benzene rings is 1. The maximum atomic E-state index is 12.4. The molecule has 1 aromatic carbocycles. The smallest absolute Gasteiger partial charge is 0.275 e. The zero-order valence-corrected chi connectivity index (χ0v) is 14.5. The van der Waals surface area contributed by atoms with E-state index in [4.69, 9.17) is 0 Å². The zero-order valence-electron chi connectivity index (χ0n) is 13.7. The molecule has 0 atom stereocenters. The van der Waals surface area contributed by atoms with Crippen LogP contribution in [0.3, 0.4) is 0 Å². The maximum absolute atomic E-state index is 12.4. The predicted octanol–water partition coefficient (Wildman–Crippen LogP) is 3.75. The molecule has 0 unspecified atom stereocenters. The minimum absolute atomic E-state index is 0.279. The molecule has 0 aliphatic carbocycles. The first-order chi connectivity index (χ1) is 12.1. The van der Waals surface area contributed by atoms with Crippen LogP contribution in [-0.4, -0.2) is 25.7 Å². The lowest BCUT2D eigenvalue weighted by atomic mass is 10.2. The summed E-state index contributed by atoms with van der Waals surface area (Å²) in [6.45, 7) is 3.93. The van der Waals surface area contributed by atoms with E-state index in [1.165, 1.54) is 16.9 Å². The Bertz CT molecular complexity index is 1070. The topological polar surface area (TPSA) is 72.7 Å². The van der Waals surface area contributed by atoms with E-state index in [2.05, 4.69) is 33.4 Å². The van der Waals surface area contributed by atoms with E-state index in [1.807, 2.05) is 25.1 Å². The molecule has 25 heavy (non-hydrogen) atoms. The Kier molecular flexibility index (Phi) is 3.77. The molecule has 1 N–H and O–H groups in total. The third-order valence-electron chi connectivity index (χ3n) is 3.68. The van der Waals surface area contributed by atoms with Crippen molar-refractivity contribution in [2.45, 2.75) is 13.8 Å². The first-order valence-corrected chi connectivity index (χ1v) is 8.58. The lowest BCUT2D eigenvalue weighted by Crippen LogP contribution is -2.16. The molecular weight excluding hydrogens is 334 g/mol. The summed E-state index contributed by atoms with van der Waals surface area (Å²) >= 11 is 1.54. The van der Waals surface area contributed by atoms with Gasteiger partial charge in [-0.1, -0.05) is 23.5 Å². The number of carbonyl (C=O) groups is 1. The first-order valence-electron chi connectivity index (χ1n) is 7.77. The minimum atomic E-state index is -0.279. The maximum Gasteiger partial charge on any atom is 0.275 e. The molecule has 124 valence electrons. The van der Waals surface area contributed by atoms with Crippen molar-refractivity contribution in [2.75, 3.05) is 5.32 Å². The number of aromatic nitrogens is 4. The van der Waals surface area contributed by atoms with E-state index in [0.717, 1.165) is 15.9 Å². The van der Waals surface area contributed by atoms with Gasteiger partial charge in [-0.2, -0.15) is 9.78 Å². The number of anilines is 1. The monoisotopic (exact) mass is 349 g/mol. The van der Waals surface area contributed by atoms with Crippen molar-refractivity contribution in [3.63, 3.8) is 0 Å². The molecule has 0 saturated carbocycles. The van der Waals surface area contributed by atoms with Crippen molar-refractivity contribution >= 4 is 33.3 Å². The van der Waals surface area contributed by atoms with E-state index < -0.39 is 0 Å². The Morgan fingerprint density at radius 3 is 2.84 bits per heavy atom. The average Bonchev–Trinajstić information content (AvgIpc) is 3.18. The number of nitrogens with zero attached hydrogens (tertiary/aromatic N) is 4. The molecule has 0 saturated heterocycles. The highest BCUT2D eigenvalue weighted by Gasteiger charge is 2.15. The van der Waals surface area contributed by atoms with Gasteiger partial charge < -0.3 is 5.32 Å². The van der Waals surface area contributed by atoms with Gasteiger partial charge >= 0.3 is 0 Å². The first kappa shape index (κ1) is 15.5. The molecule has 0 aliphatic rings. The van der Waals surface area contributed by atoms with Gasteiger partial charge in [0, 0.05) is 12.3 Å². The van der Waals surface area contributed by atoms with Crippen LogP contribution in [0.2, 0.25) is 0 Å². The van der Waals surface area contributed by atoms with Crippen LogP contribution in [0.5, 0.6) is 0 Å². The third kappa shape index (κ3) is 3.01. The number of thiazole rings is 1. The number of aryl methyl sites for hydroxylation is 2. The largest absolute Gasteiger partial charge is 0.305 e. The van der Waals surface area contributed by atoms with Crippen LogP contribution in [-0.2, 0) is 0 Å². The Labute approximate surface area is 148 Å². The summed E-state index contributed by atoms with van der Waals surface area (Å²) in [6, 6.07) is 13.2. The fourth-order valence-electron chi connectivity index (χ4n) is 2.52. The van der Waals surface area contributed by atoms with Crippen LogP contribution in [0.1, 0.15) is 21.7 Å². The van der Waals surface area contributed by atoms with E-state index >= 15 is 0 Å². The summed E-state index contributed by atoms with van der Waals surface area (Å²) in [6.07, 6.45) is 1.59. The van der Waals surface area contributed by atoms with Gasteiger partial charge in [0.1, 0.15) is 11.5 Å². The second kappa shape index (κ2) is 6.10. The number of fused-ring (bicyclic) bond motifs is 1. The summed E-state index contributed by atoms with van der Waals surface area (Å²) in [5, 5.41) is 8.06. The zero-order chi connectivity index (χ0) is 17.4. The molecular formula is C18H15N5OS. The van der Waals surface area contributed by atoms with E-state index in [-0.39, 0.29) is 5.91 Å². The van der Waals surface area contributed by atoms with E-state index in [9.17, 15) is 4.79 Å². The standard InChI is InChI=1S/C18H15N5OS/c1-11-6-7-13-15(9-11)25-18(20-13)23-16(10-12(2)22-23)21-17(24)14-5-3-4-8-19-14/h3-10H,1-2H3,(H,21,24). The van der Waals surface area contributed by atoms with Gasteiger partial charge in [-0.05, 0) is 43.7 Å². The number of hydrogen-bond donors (Lipinski definition) is 1. The molecule has 4 aromatic rings. The van der Waals surface area contributed by atoms with Crippen molar-refractivity contribution in [3.8, 4) is 5.13 Å². The van der Waals surface area contributed by atoms with Crippen LogP contribution in [0.15, 0.2) is 48.7 Å². The Balaban J connectivity index is 1.72. The van der Waals surface area contributed by atoms with Gasteiger partial charge in [-0.15, -0.1) is 0 Å². The molecule has 6 nitrogen and oxygen atoms in total. The van der Waals surface area contributed by atoms with Gasteiger partial charge in [-0.3, -0.25) is 9.78 Å². The number of pyridine rings is 1. The van der Waals surface area contributed by atoms with Crippen LogP contribution in [0.4, 0.5) is 5.82 Å². The number of carbonyl (C=O) groups excluding carboxylic acids is 1. The highest BCUT2D eigenvalue weighted by atomic mass is 32.1. The van der Waals surface area contributed by atoms with Crippen molar-refractivity contribution in [2.24, 2.45) is 0 Å². The fraction of sp³-hybridized carbons (Fsp3) is 0.111. The number of rotatable bonds is 3. The number of amides is 1. The lowest BCUT2D eigenvalue weighted by Gasteiger charge is -2.05. The van der Waals surface area contributed by atoms with E-state index in [1.54, 1.807) is 29.1 Å². The average molecular weight is 349 g/mol. The molecule has 0 aliphatic heterocycles. The predicted molar refractivity (Wildman–Crippen MR) is 98.4 cm³/mol. The normalized spacial score (nSPS) is 11.0. The van der Waals surface area contributed by atoms with Gasteiger partial charge in [0.15, 0.2) is 0 Å². The van der Waals surface area contributed by atoms with Crippen LogP contribution in [0.25, 0.3) is 15.3 Å². The molecule has 1 amide bonds. The number of nitrogens with one attached hydrogen (secondary N) is 1. The van der Waals surface area contributed by atoms with Gasteiger partial charge in [0.05, 0.1) is 15.9 Å². The van der Waals surface area contributed by atoms with E-state index in [0.29, 0.717) is 16.6 Å². The second-order valence-electron chi connectivity index (χ2n) is 5.72. The van der Waals surface area contributed by atoms with Gasteiger partial charge in [0.25, 0.3) is 5.91 Å². The van der Waals surface area contributed by atoms with Crippen molar-refractivity contribution in [1.82, 2.24) is 19.7 Å². The Hall–Kier alpha value is -3.06. The van der Waals surface area contributed by atoms with Crippen molar-refractivity contribution < 1.29 is 4.79 Å². The fourth-order valence-corrected chi connectivity index (χ4v) is 3.55. The molecule has 3 heterocycles. The van der Waals surface area contributed by atoms with Crippen LogP contribution < -0.4 is 5.32 Å². The quantitative estimate of drug-likeness (QED) is 0.611. The molecule has 0 spiro atoms. The Morgan fingerprint density at radius 2 is 2.04 bits per heavy atom. The molecule has 7 heteroatoms. The third-order valence-corrected chi connectivity index (χ3v) is 4.68. The number of hydrogen-bond acceptors (Lipinski definition) is 5. The molecule has 3 aromatic heterocycles. The summed E-state index contributed by atoms with van der Waals surface area (Å²) in [4.78, 5) is 21.1. The highest BCUT2D eigenvalue weighted by Crippen LogP contribution is 2.28. The molecule has 0 bridgehead atoms. The summed E-state index contributed by atoms with van der Waals surface area (Å²) in [7, 11) is 0. The van der Waals surface area contributed by atoms with Crippen molar-refractivity contribution in [1.29, 1.82) is 0 Å². The summed E-state index contributed by atoms with van der Waals surface area (Å²) in [5.41, 5.74) is 3.25. The SMILES string of the molecule is Cc1ccc2nc(-n3nc(C)cc3NC(=O)c3ccccn3)sc2c1. The lowest BCUT2D eigenvalue weighted by molar-refractivity contribution is 0.102. The highest BCUT2D eigenvalue weighted by molar-refractivity contribution is 7.20. The summed E-state index contributed by atoms with van der Waals surface area (Å²) < 4.78 is 2.75. The molecule has 0 radical (unpaired) electrons. The molecule has 4 rings (SSSR count). The van der Waals surface area contributed by atoms with Crippen LogP contribution >= 0.6 is 11.3 Å². The van der Waals surface area contributed by atoms with Crippen LogP contribution in [0, 0.1) is 13.8 Å². The Morgan fingerprint density at radius 1 is 1.16 bits per heavy atom.